The van der Waals surface area contributed by atoms with E-state index in [0.29, 0.717) is 4.48 Å². The first-order valence-corrected chi connectivity index (χ1v) is 4.58. The average molecular weight is 188 g/mol. The molecule has 3 nitrogen and oxygen atoms in total. The molecule has 0 aromatic carbocycles. The van der Waals surface area contributed by atoms with Crippen LogP contribution >= 0.6 is 0 Å². The lowest BCUT2D eigenvalue weighted by molar-refractivity contribution is -0.885. The molecule has 0 saturated carbocycles. The smallest absolute Gasteiger partial charge is 0.365 e. The molecule has 0 amide bonds. The first-order chi connectivity index (χ1) is 5.54. The summed E-state index contributed by atoms with van der Waals surface area (Å²) in [5.74, 6) is -0.139. The van der Waals surface area contributed by atoms with Gasteiger partial charge in [0.2, 0.25) is 0 Å². The maximum Gasteiger partial charge on any atom is 0.365 e. The van der Waals surface area contributed by atoms with Crippen LogP contribution in [-0.2, 0) is 9.53 Å². The second-order valence-corrected chi connectivity index (χ2v) is 5.33. The summed E-state index contributed by atoms with van der Waals surface area (Å²) in [6.45, 7) is 7.53. The number of carbonyl (C=O) groups excluding carboxylic acids is 1. The van der Waals surface area contributed by atoms with E-state index in [1.807, 2.05) is 48.8 Å². The Hall–Kier alpha value is -0.570. The number of quaternary nitrogens is 1. The number of carbonyl (C=O) groups is 1. The van der Waals surface area contributed by atoms with Gasteiger partial charge in [0.15, 0.2) is 6.04 Å². The number of nitrogens with zero attached hydrogens (tertiary/aromatic N) is 1. The molecule has 0 aromatic rings. The summed E-state index contributed by atoms with van der Waals surface area (Å²) in [4.78, 5) is 11.6. The van der Waals surface area contributed by atoms with Crippen LogP contribution in [0.5, 0.6) is 0 Å². The van der Waals surface area contributed by atoms with Crippen molar-refractivity contribution in [3.8, 4) is 0 Å². The van der Waals surface area contributed by atoms with E-state index in [-0.39, 0.29) is 17.6 Å². The Balaban J connectivity index is 4.30. The van der Waals surface area contributed by atoms with Gasteiger partial charge in [-0.1, -0.05) is 0 Å². The van der Waals surface area contributed by atoms with E-state index in [0.717, 1.165) is 0 Å². The van der Waals surface area contributed by atoms with Crippen LogP contribution < -0.4 is 0 Å². The molecule has 1 atom stereocenters. The summed E-state index contributed by atoms with van der Waals surface area (Å²) >= 11 is 0. The van der Waals surface area contributed by atoms with E-state index in [9.17, 15) is 4.79 Å². The molecule has 0 aromatic heterocycles. The summed E-state index contributed by atoms with van der Waals surface area (Å²) in [7, 11) is 5.94. The van der Waals surface area contributed by atoms with Crippen molar-refractivity contribution in [2.75, 3.05) is 21.1 Å². The van der Waals surface area contributed by atoms with Gasteiger partial charge < -0.3 is 9.22 Å². The van der Waals surface area contributed by atoms with Crippen molar-refractivity contribution in [3.05, 3.63) is 0 Å². The van der Waals surface area contributed by atoms with Crippen LogP contribution in [0.25, 0.3) is 0 Å². The lowest BCUT2D eigenvalue weighted by atomic mass is 10.2. The molecule has 0 unspecified atom stereocenters. The van der Waals surface area contributed by atoms with Crippen molar-refractivity contribution in [3.63, 3.8) is 0 Å². The van der Waals surface area contributed by atoms with Gasteiger partial charge in [0.05, 0.1) is 21.1 Å². The Bertz CT molecular complexity index is 186. The van der Waals surface area contributed by atoms with Crippen LogP contribution in [-0.4, -0.2) is 43.2 Å². The Morgan fingerprint density at radius 1 is 1.23 bits per heavy atom. The van der Waals surface area contributed by atoms with E-state index in [4.69, 9.17) is 4.74 Å². The predicted octanol–water partition coefficient (Wildman–Crippen LogP) is 1.42. The van der Waals surface area contributed by atoms with Crippen LogP contribution in [0.2, 0.25) is 0 Å². The fraction of sp³-hybridized carbons (Fsp3) is 0.900. The number of ether oxygens (including phenoxy) is 1. The molecule has 0 saturated heterocycles. The standard InChI is InChI=1S/C10H22NO2/c1-8(11(5,6)7)9(12)13-10(2,3)4/h8H,1-7H3/q+1/t8-/m0/s1. The minimum absolute atomic E-state index is 0.126. The van der Waals surface area contributed by atoms with E-state index < -0.39 is 0 Å². The predicted molar refractivity (Wildman–Crippen MR) is 53.3 cm³/mol. The van der Waals surface area contributed by atoms with Crippen LogP contribution in [0, 0.1) is 0 Å². The van der Waals surface area contributed by atoms with Gasteiger partial charge in [-0.2, -0.15) is 0 Å². The molecule has 0 heterocycles. The zero-order valence-electron chi connectivity index (χ0n) is 9.84. The minimum Gasteiger partial charge on any atom is -0.456 e. The number of rotatable bonds is 2. The first kappa shape index (κ1) is 12.4. The Labute approximate surface area is 81.3 Å². The molecule has 3 heteroatoms. The normalized spacial score (nSPS) is 15.3. The lowest BCUT2D eigenvalue weighted by Crippen LogP contribution is -2.49. The van der Waals surface area contributed by atoms with Crippen molar-refractivity contribution in [2.45, 2.75) is 39.3 Å². The van der Waals surface area contributed by atoms with E-state index in [2.05, 4.69) is 0 Å². The van der Waals surface area contributed by atoms with Crippen molar-refractivity contribution in [2.24, 2.45) is 0 Å². The second kappa shape index (κ2) is 3.66. The molecule has 0 radical (unpaired) electrons. The number of hydrogen-bond donors (Lipinski definition) is 0. The molecule has 0 bridgehead atoms. The van der Waals surface area contributed by atoms with E-state index >= 15 is 0 Å². The molecule has 0 fully saturated rings. The molecule has 0 aliphatic carbocycles. The summed E-state index contributed by atoms with van der Waals surface area (Å²) in [5.41, 5.74) is -0.388. The maximum absolute atomic E-state index is 11.6. The third-order valence-corrected chi connectivity index (χ3v) is 1.91. The zero-order chi connectivity index (χ0) is 10.9. The van der Waals surface area contributed by atoms with Crippen molar-refractivity contribution < 1.29 is 14.0 Å². The molecule has 13 heavy (non-hydrogen) atoms. The second-order valence-electron chi connectivity index (χ2n) is 5.33. The molecule has 0 spiro atoms. The maximum atomic E-state index is 11.6. The van der Waals surface area contributed by atoms with Gasteiger partial charge in [0, 0.05) is 0 Å². The highest BCUT2D eigenvalue weighted by molar-refractivity contribution is 5.74. The Morgan fingerprint density at radius 3 is 1.85 bits per heavy atom. The minimum atomic E-state index is -0.388. The molecule has 78 valence electrons. The third kappa shape index (κ3) is 4.88. The third-order valence-electron chi connectivity index (χ3n) is 1.91. The van der Waals surface area contributed by atoms with Gasteiger partial charge in [-0.3, -0.25) is 0 Å². The van der Waals surface area contributed by atoms with E-state index in [1.165, 1.54) is 0 Å². The number of likely N-dealkylation sites (N-methyl/N-ethyl adjacent to an activating group) is 1. The van der Waals surface area contributed by atoms with E-state index in [1.54, 1.807) is 0 Å². The molecule has 0 aliphatic rings. The van der Waals surface area contributed by atoms with Gasteiger partial charge in [-0.25, -0.2) is 4.79 Å². The monoisotopic (exact) mass is 188 g/mol. The first-order valence-electron chi connectivity index (χ1n) is 4.58. The topological polar surface area (TPSA) is 26.3 Å². The van der Waals surface area contributed by atoms with Crippen molar-refractivity contribution >= 4 is 5.97 Å². The SMILES string of the molecule is C[C@@H](C(=O)OC(C)(C)C)[N+](C)(C)C. The molecule has 0 N–H and O–H groups in total. The largest absolute Gasteiger partial charge is 0.456 e. The zero-order valence-corrected chi connectivity index (χ0v) is 9.84. The highest BCUT2D eigenvalue weighted by Gasteiger charge is 2.30. The molecule has 0 rings (SSSR count). The van der Waals surface area contributed by atoms with Gasteiger partial charge in [0.25, 0.3) is 0 Å². The number of esters is 1. The molecule has 0 aliphatic heterocycles. The summed E-state index contributed by atoms with van der Waals surface area (Å²) in [6, 6.07) is -0.126. The highest BCUT2D eigenvalue weighted by Crippen LogP contribution is 2.12. The summed E-state index contributed by atoms with van der Waals surface area (Å²) in [6.07, 6.45) is 0. The van der Waals surface area contributed by atoms with Crippen LogP contribution in [0.3, 0.4) is 0 Å². The van der Waals surface area contributed by atoms with Gasteiger partial charge in [-0.15, -0.1) is 0 Å². The summed E-state index contributed by atoms with van der Waals surface area (Å²) in [5, 5.41) is 0. The van der Waals surface area contributed by atoms with Gasteiger partial charge >= 0.3 is 5.97 Å². The fourth-order valence-electron chi connectivity index (χ4n) is 0.703. The highest BCUT2D eigenvalue weighted by atomic mass is 16.6. The van der Waals surface area contributed by atoms with Crippen LogP contribution in [0.1, 0.15) is 27.7 Å². The van der Waals surface area contributed by atoms with Crippen molar-refractivity contribution in [1.82, 2.24) is 0 Å². The Morgan fingerprint density at radius 2 is 1.62 bits per heavy atom. The molecular formula is C10H22NO2+. The van der Waals surface area contributed by atoms with Gasteiger partial charge in [-0.05, 0) is 27.7 Å². The van der Waals surface area contributed by atoms with Crippen LogP contribution in [0.4, 0.5) is 0 Å². The average Bonchev–Trinajstić information content (AvgIpc) is 1.79. The van der Waals surface area contributed by atoms with Crippen LogP contribution in [0.15, 0.2) is 0 Å². The fourth-order valence-corrected chi connectivity index (χ4v) is 0.703. The number of hydrogen-bond acceptors (Lipinski definition) is 2. The lowest BCUT2D eigenvalue weighted by Gasteiger charge is -2.31. The Kier molecular flexibility index (Phi) is 3.50. The quantitative estimate of drug-likeness (QED) is 0.484. The molecular weight excluding hydrogens is 166 g/mol. The summed E-state index contributed by atoms with van der Waals surface area (Å²) < 4.78 is 5.86. The van der Waals surface area contributed by atoms with Crippen molar-refractivity contribution in [1.29, 1.82) is 0 Å². The van der Waals surface area contributed by atoms with Gasteiger partial charge in [0.1, 0.15) is 5.60 Å².